The van der Waals surface area contributed by atoms with E-state index in [4.69, 9.17) is 0 Å². The van der Waals surface area contributed by atoms with Crippen molar-refractivity contribution in [2.75, 3.05) is 0 Å². The first-order valence-electron chi connectivity index (χ1n) is 5.79. The highest BCUT2D eigenvalue weighted by atomic mass is 14.7. The molecule has 1 nitrogen and oxygen atoms in total. The summed E-state index contributed by atoms with van der Waals surface area (Å²) < 4.78 is 0. The van der Waals surface area contributed by atoms with Crippen LogP contribution in [0, 0.1) is 0 Å². The predicted octanol–water partition coefficient (Wildman–Crippen LogP) is 3.87. The minimum absolute atomic E-state index is 0.252. The summed E-state index contributed by atoms with van der Waals surface area (Å²) in [6.45, 7) is 0. The average molecular weight is 219 g/mol. The number of benzene rings is 2. The Morgan fingerprint density at radius 1 is 0.824 bits per heavy atom. The van der Waals surface area contributed by atoms with Gasteiger partial charge in [0, 0.05) is 18.3 Å². The molecule has 2 aromatic carbocycles. The van der Waals surface area contributed by atoms with Gasteiger partial charge in [-0.15, -0.1) is 0 Å². The summed E-state index contributed by atoms with van der Waals surface area (Å²) in [7, 11) is 0. The molecule has 0 saturated heterocycles. The normalized spacial score (nSPS) is 17.5. The van der Waals surface area contributed by atoms with Crippen LogP contribution in [0.2, 0.25) is 0 Å². The van der Waals surface area contributed by atoms with Crippen LogP contribution in [0.15, 0.2) is 65.8 Å². The van der Waals surface area contributed by atoms with Crippen molar-refractivity contribution < 1.29 is 0 Å². The summed E-state index contributed by atoms with van der Waals surface area (Å²) in [6, 6.07) is 19.0. The molecule has 0 bridgehead atoms. The van der Waals surface area contributed by atoms with E-state index in [0.29, 0.717) is 0 Å². The van der Waals surface area contributed by atoms with Gasteiger partial charge >= 0.3 is 0 Å². The monoisotopic (exact) mass is 219 g/mol. The van der Waals surface area contributed by atoms with E-state index in [0.717, 1.165) is 0 Å². The third-order valence-corrected chi connectivity index (χ3v) is 3.07. The number of hydrogen-bond acceptors (Lipinski definition) is 1. The van der Waals surface area contributed by atoms with Crippen LogP contribution in [0.4, 0.5) is 0 Å². The van der Waals surface area contributed by atoms with Gasteiger partial charge < -0.3 is 0 Å². The molecule has 0 saturated carbocycles. The van der Waals surface area contributed by atoms with E-state index < -0.39 is 0 Å². The van der Waals surface area contributed by atoms with E-state index in [1.165, 1.54) is 16.7 Å². The number of hydrogen-bond donors (Lipinski definition) is 0. The van der Waals surface area contributed by atoms with E-state index in [1.54, 1.807) is 0 Å². The Hall–Kier alpha value is -2.15. The lowest BCUT2D eigenvalue weighted by atomic mass is 9.89. The van der Waals surface area contributed by atoms with Crippen LogP contribution in [-0.4, -0.2) is 6.21 Å². The third-order valence-electron chi connectivity index (χ3n) is 3.07. The summed E-state index contributed by atoms with van der Waals surface area (Å²) >= 11 is 0. The van der Waals surface area contributed by atoms with Crippen LogP contribution < -0.4 is 0 Å². The van der Waals surface area contributed by atoms with Crippen LogP contribution in [0.1, 0.15) is 22.6 Å². The molecule has 1 atom stereocenters. The maximum absolute atomic E-state index is 4.34. The fourth-order valence-corrected chi connectivity index (χ4v) is 2.21. The van der Waals surface area contributed by atoms with Crippen molar-refractivity contribution in [3.8, 4) is 0 Å². The molecular formula is C16H13N. The lowest BCUT2D eigenvalue weighted by molar-refractivity contribution is 1.10. The lowest BCUT2D eigenvalue weighted by Gasteiger charge is -2.14. The van der Waals surface area contributed by atoms with Crippen molar-refractivity contribution in [1.82, 2.24) is 0 Å². The van der Waals surface area contributed by atoms with Crippen LogP contribution in [0.3, 0.4) is 0 Å². The Morgan fingerprint density at radius 2 is 1.59 bits per heavy atom. The third kappa shape index (κ3) is 1.92. The summed E-state index contributed by atoms with van der Waals surface area (Å²) in [4.78, 5) is 4.34. The van der Waals surface area contributed by atoms with Gasteiger partial charge in [0.15, 0.2) is 0 Å². The number of aliphatic imine (C=N–C) groups is 1. The first kappa shape index (κ1) is 10.0. The van der Waals surface area contributed by atoms with Crippen LogP contribution in [0.5, 0.6) is 0 Å². The van der Waals surface area contributed by atoms with E-state index >= 15 is 0 Å². The summed E-state index contributed by atoms with van der Waals surface area (Å²) in [5.41, 5.74) is 3.85. The Balaban J connectivity index is 2.14. The second-order valence-electron chi connectivity index (χ2n) is 4.13. The van der Waals surface area contributed by atoms with Crippen LogP contribution in [0.25, 0.3) is 6.08 Å². The van der Waals surface area contributed by atoms with Gasteiger partial charge in [-0.1, -0.05) is 54.6 Å². The molecule has 17 heavy (non-hydrogen) atoms. The van der Waals surface area contributed by atoms with Crippen molar-refractivity contribution in [1.29, 1.82) is 0 Å². The van der Waals surface area contributed by atoms with Gasteiger partial charge in [-0.05, 0) is 22.8 Å². The Kier molecular flexibility index (Phi) is 2.59. The zero-order chi connectivity index (χ0) is 11.5. The Bertz CT molecular complexity index is 567. The van der Waals surface area contributed by atoms with Crippen LogP contribution in [-0.2, 0) is 0 Å². The first-order chi connectivity index (χ1) is 8.45. The maximum atomic E-state index is 4.34. The highest BCUT2D eigenvalue weighted by Crippen LogP contribution is 2.28. The average Bonchev–Trinajstić information content (AvgIpc) is 2.62. The minimum Gasteiger partial charge on any atom is -0.268 e. The summed E-state index contributed by atoms with van der Waals surface area (Å²) in [6.07, 6.45) is 5.94. The molecule has 0 aliphatic carbocycles. The second kappa shape index (κ2) is 4.38. The van der Waals surface area contributed by atoms with Gasteiger partial charge in [0.25, 0.3) is 0 Å². The molecule has 0 radical (unpaired) electrons. The molecule has 0 aromatic heterocycles. The topological polar surface area (TPSA) is 12.4 Å². The molecule has 0 spiro atoms. The second-order valence-corrected chi connectivity index (χ2v) is 4.13. The molecule has 82 valence electrons. The quantitative estimate of drug-likeness (QED) is 0.690. The van der Waals surface area contributed by atoms with Crippen molar-refractivity contribution in [2.24, 2.45) is 4.99 Å². The smallest absolute Gasteiger partial charge is 0.0449 e. The molecule has 0 amide bonds. The molecular weight excluding hydrogens is 206 g/mol. The van der Waals surface area contributed by atoms with Crippen molar-refractivity contribution in [3.63, 3.8) is 0 Å². The largest absolute Gasteiger partial charge is 0.268 e. The molecule has 1 heteroatoms. The van der Waals surface area contributed by atoms with Crippen molar-refractivity contribution in [3.05, 3.63) is 77.5 Å². The van der Waals surface area contributed by atoms with Gasteiger partial charge in [0.1, 0.15) is 0 Å². The van der Waals surface area contributed by atoms with E-state index in [2.05, 4.69) is 59.6 Å². The Morgan fingerprint density at radius 3 is 2.47 bits per heavy atom. The molecule has 1 aliphatic rings. The summed E-state index contributed by atoms with van der Waals surface area (Å²) in [5.74, 6) is 0.252. The number of nitrogens with zero attached hydrogens (tertiary/aromatic N) is 1. The molecule has 1 heterocycles. The molecule has 2 aromatic rings. The highest BCUT2D eigenvalue weighted by molar-refractivity contribution is 5.78. The van der Waals surface area contributed by atoms with E-state index in [1.807, 2.05) is 18.5 Å². The zero-order valence-electron chi connectivity index (χ0n) is 9.45. The van der Waals surface area contributed by atoms with Gasteiger partial charge in [0.05, 0.1) is 0 Å². The van der Waals surface area contributed by atoms with E-state index in [9.17, 15) is 0 Å². The van der Waals surface area contributed by atoms with Crippen LogP contribution >= 0.6 is 0 Å². The minimum atomic E-state index is 0.252. The summed E-state index contributed by atoms with van der Waals surface area (Å²) in [5, 5.41) is 0. The first-order valence-corrected chi connectivity index (χ1v) is 5.79. The Labute approximate surface area is 101 Å². The molecule has 1 aliphatic heterocycles. The fourth-order valence-electron chi connectivity index (χ4n) is 2.21. The van der Waals surface area contributed by atoms with Crippen molar-refractivity contribution >= 4 is 12.3 Å². The SMILES string of the molecule is C1=Cc2ccccc2C(c2ccccc2)C=N1. The predicted molar refractivity (Wildman–Crippen MR) is 72.3 cm³/mol. The molecule has 3 rings (SSSR count). The maximum Gasteiger partial charge on any atom is 0.0449 e. The lowest BCUT2D eigenvalue weighted by Crippen LogP contribution is -2.03. The van der Waals surface area contributed by atoms with Gasteiger partial charge in [-0.25, -0.2) is 0 Å². The van der Waals surface area contributed by atoms with Gasteiger partial charge in [-0.3, -0.25) is 4.99 Å². The van der Waals surface area contributed by atoms with Gasteiger partial charge in [-0.2, -0.15) is 0 Å². The highest BCUT2D eigenvalue weighted by Gasteiger charge is 2.15. The zero-order valence-corrected chi connectivity index (χ0v) is 9.45. The standard InChI is InChI=1S/C16H13N/c1-2-6-13(7-3-1)16-12-17-11-10-14-8-4-5-9-15(14)16/h1-12,16H. The number of rotatable bonds is 1. The molecule has 0 fully saturated rings. The van der Waals surface area contributed by atoms with Crippen molar-refractivity contribution in [2.45, 2.75) is 5.92 Å². The van der Waals surface area contributed by atoms with Gasteiger partial charge in [0.2, 0.25) is 0 Å². The molecule has 1 unspecified atom stereocenters. The molecule has 0 N–H and O–H groups in total. The van der Waals surface area contributed by atoms with E-state index in [-0.39, 0.29) is 5.92 Å². The number of fused-ring (bicyclic) bond motifs is 1. The fraction of sp³-hybridized carbons (Fsp3) is 0.0625.